The second-order valence-corrected chi connectivity index (χ2v) is 7.26. The normalized spacial score (nSPS) is 22.0. The molecule has 3 heterocycles. The van der Waals surface area contributed by atoms with Crippen LogP contribution >= 0.6 is 40.7 Å². The number of benzene rings is 1. The smallest absolute Gasteiger partial charge is 0.231 e. The van der Waals surface area contributed by atoms with E-state index < -0.39 is 0 Å². The Labute approximate surface area is 169 Å². The summed E-state index contributed by atoms with van der Waals surface area (Å²) in [4.78, 5) is 2.62. The number of fused-ring (bicyclic) bond motifs is 1. The summed E-state index contributed by atoms with van der Waals surface area (Å²) in [6, 6.07) is 4.64. The molecule has 0 saturated carbocycles. The van der Waals surface area contributed by atoms with Crippen molar-refractivity contribution in [3.05, 3.63) is 22.2 Å². The van der Waals surface area contributed by atoms with Gasteiger partial charge < -0.3 is 19.5 Å². The van der Waals surface area contributed by atoms with Crippen molar-refractivity contribution in [2.24, 2.45) is 5.92 Å². The van der Waals surface area contributed by atoms with Gasteiger partial charge in [-0.2, -0.15) is 0 Å². The van der Waals surface area contributed by atoms with Gasteiger partial charge in [0.25, 0.3) is 0 Å². The van der Waals surface area contributed by atoms with E-state index >= 15 is 0 Å². The van der Waals surface area contributed by atoms with Crippen molar-refractivity contribution in [2.45, 2.75) is 18.9 Å². The predicted octanol–water partition coefficient (Wildman–Crippen LogP) is 3.39. The third kappa shape index (κ3) is 4.54. The third-order valence-corrected chi connectivity index (χ3v) is 5.75. The van der Waals surface area contributed by atoms with Crippen LogP contribution < -0.4 is 14.8 Å². The summed E-state index contributed by atoms with van der Waals surface area (Å²) in [7, 11) is 0. The number of hydrogen-bond acceptors (Lipinski definition) is 5. The molecule has 0 spiro atoms. The van der Waals surface area contributed by atoms with Crippen LogP contribution in [0.2, 0.25) is 0 Å². The largest absolute Gasteiger partial charge is 0.454 e. The number of nitrogens with zero attached hydrogens (tertiary/aromatic N) is 1. The number of ether oxygens (including phenoxy) is 3. The van der Waals surface area contributed by atoms with Gasteiger partial charge in [0, 0.05) is 49.9 Å². The molecule has 2 saturated heterocycles. The van der Waals surface area contributed by atoms with E-state index in [0.717, 1.165) is 68.2 Å². The molecule has 1 aromatic rings. The minimum atomic E-state index is 0. The Kier molecular flexibility index (Phi) is 8.11. The first kappa shape index (κ1) is 21.1. The van der Waals surface area contributed by atoms with Crippen LogP contribution in [0.25, 0.3) is 0 Å². The lowest BCUT2D eigenvalue weighted by Crippen LogP contribution is -2.47. The van der Waals surface area contributed by atoms with Crippen molar-refractivity contribution in [3.63, 3.8) is 0 Å². The highest BCUT2D eigenvalue weighted by atomic mass is 79.9. The van der Waals surface area contributed by atoms with Gasteiger partial charge in [-0.3, -0.25) is 4.90 Å². The van der Waals surface area contributed by atoms with Gasteiger partial charge in [-0.05, 0) is 36.5 Å². The summed E-state index contributed by atoms with van der Waals surface area (Å²) in [5, 5.41) is 3.46. The summed E-state index contributed by atoms with van der Waals surface area (Å²) in [5.74, 6) is 2.33. The van der Waals surface area contributed by atoms with Gasteiger partial charge in [0.2, 0.25) is 6.79 Å². The average molecular weight is 456 g/mol. The lowest BCUT2D eigenvalue weighted by molar-refractivity contribution is 0.0210. The maximum atomic E-state index is 5.62. The molecule has 0 aliphatic carbocycles. The molecule has 0 amide bonds. The highest BCUT2D eigenvalue weighted by Gasteiger charge is 2.33. The Morgan fingerprint density at radius 1 is 1.04 bits per heavy atom. The molecule has 0 unspecified atom stereocenters. The molecule has 3 aliphatic heterocycles. The zero-order valence-electron chi connectivity index (χ0n) is 14.0. The second kappa shape index (κ2) is 9.62. The van der Waals surface area contributed by atoms with Crippen molar-refractivity contribution < 1.29 is 14.2 Å². The van der Waals surface area contributed by atoms with E-state index in [1.54, 1.807) is 0 Å². The molecule has 8 heteroatoms. The van der Waals surface area contributed by atoms with Gasteiger partial charge in [-0.15, -0.1) is 24.8 Å². The monoisotopic (exact) mass is 454 g/mol. The van der Waals surface area contributed by atoms with Crippen molar-refractivity contribution in [3.8, 4) is 11.5 Å². The first-order chi connectivity index (χ1) is 11.3. The topological polar surface area (TPSA) is 43.0 Å². The molecule has 0 aromatic heterocycles. The van der Waals surface area contributed by atoms with E-state index in [2.05, 4.69) is 38.3 Å². The zero-order valence-corrected chi connectivity index (χ0v) is 17.3. The maximum absolute atomic E-state index is 5.62. The molecule has 0 radical (unpaired) electrons. The van der Waals surface area contributed by atoms with Gasteiger partial charge >= 0.3 is 0 Å². The fourth-order valence-electron chi connectivity index (χ4n) is 3.90. The van der Waals surface area contributed by atoms with Crippen LogP contribution in [0.15, 0.2) is 16.6 Å². The molecule has 1 aromatic carbocycles. The Hall–Kier alpha value is -0.240. The highest BCUT2D eigenvalue weighted by molar-refractivity contribution is 9.10. The minimum absolute atomic E-state index is 0. The number of hydrogen-bond donors (Lipinski definition) is 1. The van der Waals surface area contributed by atoms with Crippen molar-refractivity contribution in [1.82, 2.24) is 10.2 Å². The molecule has 142 valence electrons. The van der Waals surface area contributed by atoms with Crippen molar-refractivity contribution in [1.29, 1.82) is 0 Å². The lowest BCUT2D eigenvalue weighted by atomic mass is 9.85. The van der Waals surface area contributed by atoms with E-state index in [-0.39, 0.29) is 24.8 Å². The number of halogens is 3. The van der Waals surface area contributed by atoms with Gasteiger partial charge in [-0.25, -0.2) is 0 Å². The molecule has 25 heavy (non-hydrogen) atoms. The molecule has 2 fully saturated rings. The fourth-order valence-corrected chi connectivity index (χ4v) is 4.46. The molecule has 5 nitrogen and oxygen atoms in total. The highest BCUT2D eigenvalue weighted by Crippen LogP contribution is 2.44. The first-order valence-electron chi connectivity index (χ1n) is 8.44. The van der Waals surface area contributed by atoms with Gasteiger partial charge in [0.05, 0.1) is 0 Å². The number of piperazine rings is 1. The zero-order chi connectivity index (χ0) is 15.6. The van der Waals surface area contributed by atoms with Crippen molar-refractivity contribution >= 4 is 40.7 Å². The molecule has 4 rings (SSSR count). The Balaban J connectivity index is 0.00000113. The number of rotatable bonds is 3. The summed E-state index contributed by atoms with van der Waals surface area (Å²) in [6.45, 7) is 6.35. The van der Waals surface area contributed by atoms with E-state index in [1.807, 2.05) is 0 Å². The van der Waals surface area contributed by atoms with Gasteiger partial charge in [0.1, 0.15) is 0 Å². The molecule has 1 atom stereocenters. The van der Waals surface area contributed by atoms with Crippen LogP contribution in [0.4, 0.5) is 0 Å². The Bertz CT molecular complexity index is 549. The van der Waals surface area contributed by atoms with Crippen LogP contribution in [0, 0.1) is 5.92 Å². The fraction of sp³-hybridized carbons (Fsp3) is 0.647. The van der Waals surface area contributed by atoms with Crippen molar-refractivity contribution in [2.75, 3.05) is 46.2 Å². The summed E-state index contributed by atoms with van der Waals surface area (Å²) < 4.78 is 17.8. The predicted molar refractivity (Wildman–Crippen MR) is 105 cm³/mol. The summed E-state index contributed by atoms with van der Waals surface area (Å²) >= 11 is 3.77. The summed E-state index contributed by atoms with van der Waals surface area (Å²) in [5.41, 5.74) is 1.32. The number of nitrogens with one attached hydrogen (secondary N) is 1. The molecular weight excluding hydrogens is 431 g/mol. The summed E-state index contributed by atoms with van der Waals surface area (Å²) in [6.07, 6.45) is 2.24. The van der Waals surface area contributed by atoms with Crippen LogP contribution in [0.3, 0.4) is 0 Å². The van der Waals surface area contributed by atoms with Gasteiger partial charge in [0.15, 0.2) is 11.5 Å². The molecular formula is C17H25BrCl2N2O3. The van der Waals surface area contributed by atoms with E-state index in [1.165, 1.54) is 5.56 Å². The maximum Gasteiger partial charge on any atom is 0.231 e. The first-order valence-corrected chi connectivity index (χ1v) is 9.24. The molecule has 0 bridgehead atoms. The van der Waals surface area contributed by atoms with Gasteiger partial charge in [-0.1, -0.05) is 15.9 Å². The Morgan fingerprint density at radius 2 is 1.68 bits per heavy atom. The Morgan fingerprint density at radius 3 is 2.36 bits per heavy atom. The third-order valence-electron chi connectivity index (χ3n) is 5.07. The van der Waals surface area contributed by atoms with E-state index in [9.17, 15) is 0 Å². The van der Waals surface area contributed by atoms with Crippen LogP contribution in [-0.4, -0.2) is 51.1 Å². The standard InChI is InChI=1S/C17H23BrN2O3.2ClH/c18-14-10-16-15(22-11-23-16)9-13(14)17(12-1-7-21-8-2-12)20-5-3-19-4-6-20;;/h9-10,12,17,19H,1-8,11H2;2*1H/t17-;;/m0../s1. The molecule has 3 aliphatic rings. The van der Waals surface area contributed by atoms with Crippen LogP contribution in [0.1, 0.15) is 24.4 Å². The minimum Gasteiger partial charge on any atom is -0.454 e. The quantitative estimate of drug-likeness (QED) is 0.756. The SMILES string of the molecule is Brc1cc2c(cc1[C@H](C1CCOCC1)N1CCNCC1)OCO2.Cl.Cl. The van der Waals surface area contributed by atoms with Crippen LogP contribution in [0.5, 0.6) is 11.5 Å². The van der Waals surface area contributed by atoms with E-state index in [4.69, 9.17) is 14.2 Å². The van der Waals surface area contributed by atoms with E-state index in [0.29, 0.717) is 18.8 Å². The lowest BCUT2D eigenvalue weighted by Gasteiger charge is -2.41. The molecule has 1 N–H and O–H groups in total. The average Bonchev–Trinajstić information content (AvgIpc) is 3.04. The van der Waals surface area contributed by atoms with Crippen LogP contribution in [-0.2, 0) is 4.74 Å². The second-order valence-electron chi connectivity index (χ2n) is 6.41.